The van der Waals surface area contributed by atoms with E-state index >= 15 is 0 Å². The Hall–Kier alpha value is -1.47. The van der Waals surface area contributed by atoms with Crippen molar-refractivity contribution in [2.75, 3.05) is 13.7 Å². The largest absolute Gasteiger partial charge is 0.493 e. The zero-order valence-corrected chi connectivity index (χ0v) is 12.5. The first kappa shape index (κ1) is 14.0. The van der Waals surface area contributed by atoms with E-state index in [1.165, 1.54) is 11.5 Å². The van der Waals surface area contributed by atoms with Crippen LogP contribution in [0.3, 0.4) is 0 Å². The highest BCUT2D eigenvalue weighted by Gasteiger charge is 2.26. The molecule has 0 bridgehead atoms. The first-order valence-electron chi connectivity index (χ1n) is 6.33. The van der Waals surface area contributed by atoms with Gasteiger partial charge in [-0.1, -0.05) is 18.3 Å². The summed E-state index contributed by atoms with van der Waals surface area (Å²) in [4.78, 5) is 1.13. The van der Waals surface area contributed by atoms with E-state index in [1.807, 2.05) is 11.7 Å². The van der Waals surface area contributed by atoms with Gasteiger partial charge in [0.2, 0.25) is 0 Å². The molecule has 19 heavy (non-hydrogen) atoms. The maximum absolute atomic E-state index is 5.41. The monoisotopic (exact) mass is 281 g/mol. The van der Waals surface area contributed by atoms with Gasteiger partial charge in [0.25, 0.3) is 0 Å². The smallest absolute Gasteiger partial charge is 0.161 e. The Kier molecular flexibility index (Phi) is 4.49. The molecule has 6 nitrogen and oxygen atoms in total. The standard InChI is InChI=1S/C12H19N5OS/c1-5-8-12(19-16-15-8)10(13-6-2)11-9(18-4)7-14-17(11)3/h7,10,13H,5-6H2,1-4H3. The maximum atomic E-state index is 5.41. The summed E-state index contributed by atoms with van der Waals surface area (Å²) in [6.07, 6.45) is 2.60. The third-order valence-electron chi connectivity index (χ3n) is 3.03. The lowest BCUT2D eigenvalue weighted by molar-refractivity contribution is 0.401. The quantitative estimate of drug-likeness (QED) is 0.870. The van der Waals surface area contributed by atoms with Gasteiger partial charge in [-0.3, -0.25) is 4.68 Å². The average Bonchev–Trinajstić information content (AvgIpc) is 3.02. The van der Waals surface area contributed by atoms with Gasteiger partial charge < -0.3 is 10.1 Å². The number of nitrogens with one attached hydrogen (secondary N) is 1. The van der Waals surface area contributed by atoms with Crippen molar-refractivity contribution >= 4 is 11.5 Å². The minimum Gasteiger partial charge on any atom is -0.493 e. The van der Waals surface area contributed by atoms with Gasteiger partial charge >= 0.3 is 0 Å². The van der Waals surface area contributed by atoms with E-state index in [2.05, 4.69) is 33.8 Å². The fourth-order valence-corrected chi connectivity index (χ4v) is 2.93. The third-order valence-corrected chi connectivity index (χ3v) is 3.86. The van der Waals surface area contributed by atoms with Crippen molar-refractivity contribution in [2.45, 2.75) is 26.3 Å². The summed E-state index contributed by atoms with van der Waals surface area (Å²) >= 11 is 1.43. The van der Waals surface area contributed by atoms with E-state index < -0.39 is 0 Å². The molecule has 0 aromatic carbocycles. The van der Waals surface area contributed by atoms with Crippen LogP contribution in [0.15, 0.2) is 6.20 Å². The lowest BCUT2D eigenvalue weighted by Crippen LogP contribution is -2.25. The van der Waals surface area contributed by atoms with Crippen LogP contribution in [0.2, 0.25) is 0 Å². The van der Waals surface area contributed by atoms with E-state index in [0.717, 1.165) is 35.0 Å². The zero-order valence-electron chi connectivity index (χ0n) is 11.7. The Labute approximate surface area is 117 Å². The normalized spacial score (nSPS) is 12.6. The number of hydrogen-bond donors (Lipinski definition) is 1. The second-order valence-corrected chi connectivity index (χ2v) is 4.94. The summed E-state index contributed by atoms with van der Waals surface area (Å²) in [7, 11) is 3.58. The molecular weight excluding hydrogens is 262 g/mol. The molecule has 1 unspecified atom stereocenters. The Morgan fingerprint density at radius 1 is 1.47 bits per heavy atom. The number of nitrogens with zero attached hydrogens (tertiary/aromatic N) is 4. The Bertz CT molecular complexity index is 536. The Morgan fingerprint density at radius 2 is 2.26 bits per heavy atom. The molecule has 0 spiro atoms. The van der Waals surface area contributed by atoms with Crippen LogP contribution in [0.1, 0.15) is 36.2 Å². The van der Waals surface area contributed by atoms with Crippen molar-refractivity contribution in [2.24, 2.45) is 7.05 Å². The van der Waals surface area contributed by atoms with Gasteiger partial charge in [-0.15, -0.1) is 5.10 Å². The van der Waals surface area contributed by atoms with Crippen LogP contribution in [0.4, 0.5) is 0 Å². The average molecular weight is 281 g/mol. The number of hydrogen-bond acceptors (Lipinski definition) is 6. The third kappa shape index (κ3) is 2.62. The SMILES string of the molecule is CCNC(c1snnc1CC)c1c(OC)cnn1C. The summed E-state index contributed by atoms with van der Waals surface area (Å²) in [6.45, 7) is 5.01. The fraction of sp³-hybridized carbons (Fsp3) is 0.583. The first-order chi connectivity index (χ1) is 9.22. The van der Waals surface area contributed by atoms with E-state index in [9.17, 15) is 0 Å². The van der Waals surface area contributed by atoms with Crippen molar-refractivity contribution in [3.05, 3.63) is 22.5 Å². The van der Waals surface area contributed by atoms with Gasteiger partial charge in [0.1, 0.15) is 5.69 Å². The summed E-state index contributed by atoms with van der Waals surface area (Å²) in [5.74, 6) is 0.781. The second kappa shape index (κ2) is 6.12. The number of aryl methyl sites for hydroxylation is 2. The molecular formula is C12H19N5OS. The van der Waals surface area contributed by atoms with Gasteiger partial charge in [-0.2, -0.15) is 5.10 Å². The lowest BCUT2D eigenvalue weighted by Gasteiger charge is -2.18. The van der Waals surface area contributed by atoms with E-state index in [4.69, 9.17) is 4.74 Å². The van der Waals surface area contributed by atoms with Crippen molar-refractivity contribution in [3.8, 4) is 5.75 Å². The van der Waals surface area contributed by atoms with Gasteiger partial charge in [0, 0.05) is 7.05 Å². The highest BCUT2D eigenvalue weighted by atomic mass is 32.1. The molecule has 0 aliphatic rings. The van der Waals surface area contributed by atoms with Gasteiger partial charge in [-0.25, -0.2) is 0 Å². The van der Waals surface area contributed by atoms with Gasteiger partial charge in [-0.05, 0) is 24.5 Å². The van der Waals surface area contributed by atoms with Crippen LogP contribution >= 0.6 is 11.5 Å². The van der Waals surface area contributed by atoms with Crippen LogP contribution in [-0.4, -0.2) is 33.0 Å². The second-order valence-electron chi connectivity index (χ2n) is 4.15. The number of ether oxygens (including phenoxy) is 1. The van der Waals surface area contributed by atoms with E-state index in [0.29, 0.717) is 0 Å². The maximum Gasteiger partial charge on any atom is 0.161 e. The molecule has 7 heteroatoms. The number of methoxy groups -OCH3 is 1. The van der Waals surface area contributed by atoms with Crippen molar-refractivity contribution < 1.29 is 4.74 Å². The van der Waals surface area contributed by atoms with E-state index in [1.54, 1.807) is 13.3 Å². The molecule has 0 aliphatic carbocycles. The van der Waals surface area contributed by atoms with Crippen LogP contribution < -0.4 is 10.1 Å². The molecule has 0 saturated carbocycles. The van der Waals surface area contributed by atoms with Crippen LogP contribution in [-0.2, 0) is 13.5 Å². The lowest BCUT2D eigenvalue weighted by atomic mass is 10.1. The van der Waals surface area contributed by atoms with Crippen LogP contribution in [0.25, 0.3) is 0 Å². The van der Waals surface area contributed by atoms with E-state index in [-0.39, 0.29) is 6.04 Å². The predicted octanol–water partition coefficient (Wildman–Crippen LogP) is 1.54. The van der Waals surface area contributed by atoms with Crippen molar-refractivity contribution in [1.82, 2.24) is 24.7 Å². The van der Waals surface area contributed by atoms with Crippen LogP contribution in [0.5, 0.6) is 5.75 Å². The van der Waals surface area contributed by atoms with Gasteiger partial charge in [0.05, 0.1) is 29.9 Å². The molecule has 0 aliphatic heterocycles. The zero-order chi connectivity index (χ0) is 13.8. The molecule has 1 atom stereocenters. The summed E-state index contributed by atoms with van der Waals surface area (Å²) in [6, 6.07) is 0.0161. The molecule has 2 heterocycles. The molecule has 0 radical (unpaired) electrons. The van der Waals surface area contributed by atoms with Crippen molar-refractivity contribution in [1.29, 1.82) is 0 Å². The highest BCUT2D eigenvalue weighted by molar-refractivity contribution is 7.05. The topological polar surface area (TPSA) is 64.9 Å². The molecule has 2 aromatic rings. The molecule has 0 saturated heterocycles. The number of aromatic nitrogens is 4. The molecule has 0 amide bonds. The van der Waals surface area contributed by atoms with Crippen molar-refractivity contribution in [3.63, 3.8) is 0 Å². The molecule has 2 aromatic heterocycles. The summed E-state index contributed by atoms with van der Waals surface area (Å²) < 4.78 is 11.3. The minimum absolute atomic E-state index is 0.0161. The van der Waals surface area contributed by atoms with Gasteiger partial charge in [0.15, 0.2) is 5.75 Å². The summed E-state index contributed by atoms with van der Waals surface area (Å²) in [5, 5.41) is 11.9. The molecule has 1 N–H and O–H groups in total. The number of rotatable bonds is 6. The predicted molar refractivity (Wildman–Crippen MR) is 74.6 cm³/mol. The Morgan fingerprint density at radius 3 is 2.89 bits per heavy atom. The molecule has 104 valence electrons. The van der Waals surface area contributed by atoms with Crippen LogP contribution in [0, 0.1) is 0 Å². The molecule has 2 rings (SSSR count). The highest BCUT2D eigenvalue weighted by Crippen LogP contribution is 2.32. The Balaban J connectivity index is 2.48. The minimum atomic E-state index is 0.0161. The molecule has 0 fully saturated rings. The summed E-state index contributed by atoms with van der Waals surface area (Å²) in [5.41, 5.74) is 2.03. The first-order valence-corrected chi connectivity index (χ1v) is 7.10. The fourth-order valence-electron chi connectivity index (χ4n) is 2.11.